The number of aromatic amines is 1. The molecule has 2 heterocycles. The highest BCUT2D eigenvalue weighted by atomic mass is 16.5. The van der Waals surface area contributed by atoms with E-state index in [0.29, 0.717) is 17.5 Å². The Bertz CT molecular complexity index is 572. The molecule has 7 nitrogen and oxygen atoms in total. The van der Waals surface area contributed by atoms with Gasteiger partial charge in [0.05, 0.1) is 7.11 Å². The maximum atomic E-state index is 12.0. The Labute approximate surface area is 115 Å². The highest BCUT2D eigenvalue weighted by molar-refractivity contribution is 5.77. The molecule has 1 unspecified atom stereocenters. The molecule has 1 saturated carbocycles. The summed E-state index contributed by atoms with van der Waals surface area (Å²) in [7, 11) is 1.38. The van der Waals surface area contributed by atoms with Crippen molar-refractivity contribution in [2.24, 2.45) is 5.92 Å². The Balaban J connectivity index is 1.89. The zero-order valence-electron chi connectivity index (χ0n) is 11.2. The van der Waals surface area contributed by atoms with Crippen molar-refractivity contribution in [2.45, 2.75) is 31.6 Å². The third kappa shape index (κ3) is 2.31. The van der Waals surface area contributed by atoms with E-state index in [9.17, 15) is 4.79 Å². The lowest BCUT2D eigenvalue weighted by atomic mass is 9.91. The van der Waals surface area contributed by atoms with E-state index in [-0.39, 0.29) is 11.9 Å². The summed E-state index contributed by atoms with van der Waals surface area (Å²) in [5.74, 6) is 0.625. The number of carbonyl (C=O) groups is 1. The fourth-order valence-electron chi connectivity index (χ4n) is 2.76. The van der Waals surface area contributed by atoms with E-state index in [2.05, 4.69) is 20.1 Å². The second-order valence-corrected chi connectivity index (χ2v) is 4.94. The Hall–Kier alpha value is -2.18. The van der Waals surface area contributed by atoms with E-state index in [1.807, 2.05) is 0 Å². The highest BCUT2D eigenvalue weighted by Gasteiger charge is 2.37. The molecule has 3 rings (SSSR count). The first-order chi connectivity index (χ1) is 9.79. The van der Waals surface area contributed by atoms with E-state index in [1.165, 1.54) is 7.11 Å². The summed E-state index contributed by atoms with van der Waals surface area (Å²) in [5.41, 5.74) is 0. The van der Waals surface area contributed by atoms with Crippen LogP contribution >= 0.6 is 0 Å². The predicted octanol–water partition coefficient (Wildman–Crippen LogP) is 1.91. The number of ether oxygens (including phenoxy) is 1. The van der Waals surface area contributed by atoms with Crippen LogP contribution < -0.4 is 0 Å². The standard InChI is InChI=1S/C13H16N4O3/c1-19-13(18)9(8-4-2-3-5-8)12-16-11(17-20-12)10-14-6-7-15-10/h6-9H,2-5H2,1H3,(H,14,15). The first kappa shape index (κ1) is 12.8. The molecule has 2 aromatic rings. The first-order valence-electron chi connectivity index (χ1n) is 6.71. The summed E-state index contributed by atoms with van der Waals surface area (Å²) in [6.07, 6.45) is 7.51. The zero-order valence-corrected chi connectivity index (χ0v) is 11.2. The molecule has 1 N–H and O–H groups in total. The lowest BCUT2D eigenvalue weighted by molar-refractivity contribution is -0.144. The molecule has 1 fully saturated rings. The number of imidazole rings is 1. The van der Waals surface area contributed by atoms with Gasteiger partial charge in [0.15, 0.2) is 5.82 Å². The topological polar surface area (TPSA) is 93.9 Å². The van der Waals surface area contributed by atoms with E-state index in [1.54, 1.807) is 12.4 Å². The summed E-state index contributed by atoms with van der Waals surface area (Å²) in [4.78, 5) is 23.3. The fraction of sp³-hybridized carbons (Fsp3) is 0.538. The first-order valence-corrected chi connectivity index (χ1v) is 6.71. The third-order valence-corrected chi connectivity index (χ3v) is 3.74. The molecule has 1 atom stereocenters. The van der Waals surface area contributed by atoms with Crippen LogP contribution in [0.25, 0.3) is 11.6 Å². The summed E-state index contributed by atoms with van der Waals surface area (Å²) in [6, 6.07) is 0. The minimum Gasteiger partial charge on any atom is -0.468 e. The van der Waals surface area contributed by atoms with Gasteiger partial charge in [0.25, 0.3) is 0 Å². The van der Waals surface area contributed by atoms with Crippen LogP contribution in [0.4, 0.5) is 0 Å². The summed E-state index contributed by atoms with van der Waals surface area (Å²) in [5, 5.41) is 3.88. The summed E-state index contributed by atoms with van der Waals surface area (Å²) < 4.78 is 10.2. The number of rotatable bonds is 4. The van der Waals surface area contributed by atoms with Crippen LogP contribution in [-0.2, 0) is 9.53 Å². The van der Waals surface area contributed by atoms with Crippen molar-refractivity contribution in [3.8, 4) is 11.6 Å². The van der Waals surface area contributed by atoms with Gasteiger partial charge in [0, 0.05) is 12.4 Å². The maximum Gasteiger partial charge on any atom is 0.318 e. The van der Waals surface area contributed by atoms with Gasteiger partial charge in [-0.05, 0) is 18.8 Å². The van der Waals surface area contributed by atoms with Crippen molar-refractivity contribution < 1.29 is 14.1 Å². The van der Waals surface area contributed by atoms with Crippen LogP contribution in [-0.4, -0.2) is 33.2 Å². The van der Waals surface area contributed by atoms with Gasteiger partial charge in [0.1, 0.15) is 5.92 Å². The number of nitrogens with one attached hydrogen (secondary N) is 1. The van der Waals surface area contributed by atoms with Crippen molar-refractivity contribution in [2.75, 3.05) is 7.11 Å². The fourth-order valence-corrected chi connectivity index (χ4v) is 2.76. The molecule has 0 spiro atoms. The number of hydrogen-bond donors (Lipinski definition) is 1. The lowest BCUT2D eigenvalue weighted by Gasteiger charge is -2.16. The third-order valence-electron chi connectivity index (χ3n) is 3.74. The molecule has 0 aromatic carbocycles. The van der Waals surface area contributed by atoms with Crippen LogP contribution in [0.3, 0.4) is 0 Å². The average molecular weight is 276 g/mol. The molecule has 1 aliphatic rings. The van der Waals surface area contributed by atoms with Crippen molar-refractivity contribution in [3.05, 3.63) is 18.3 Å². The molecular weight excluding hydrogens is 260 g/mol. The molecular formula is C13H16N4O3. The minimum absolute atomic E-state index is 0.215. The summed E-state index contributed by atoms with van der Waals surface area (Å²) >= 11 is 0. The number of nitrogens with zero attached hydrogens (tertiary/aromatic N) is 3. The molecule has 106 valence electrons. The number of H-pyrrole nitrogens is 1. The second kappa shape index (κ2) is 5.44. The Morgan fingerprint density at radius 3 is 2.95 bits per heavy atom. The van der Waals surface area contributed by atoms with Crippen LogP contribution in [0, 0.1) is 5.92 Å². The molecule has 2 aromatic heterocycles. The van der Waals surface area contributed by atoms with Gasteiger partial charge in [-0.2, -0.15) is 4.98 Å². The van der Waals surface area contributed by atoms with Crippen molar-refractivity contribution in [1.82, 2.24) is 20.1 Å². The predicted molar refractivity (Wildman–Crippen MR) is 68.6 cm³/mol. The minimum atomic E-state index is -0.473. The van der Waals surface area contributed by atoms with Crippen LogP contribution in [0.2, 0.25) is 0 Å². The van der Waals surface area contributed by atoms with Crippen LogP contribution in [0.1, 0.15) is 37.5 Å². The van der Waals surface area contributed by atoms with E-state index >= 15 is 0 Å². The Kier molecular flexibility index (Phi) is 3.49. The van der Waals surface area contributed by atoms with E-state index in [0.717, 1.165) is 25.7 Å². The lowest BCUT2D eigenvalue weighted by Crippen LogP contribution is -2.21. The number of esters is 1. The molecule has 0 amide bonds. The largest absolute Gasteiger partial charge is 0.468 e. The number of carbonyl (C=O) groups excluding carboxylic acids is 1. The Morgan fingerprint density at radius 2 is 2.30 bits per heavy atom. The smallest absolute Gasteiger partial charge is 0.318 e. The van der Waals surface area contributed by atoms with Crippen molar-refractivity contribution in [1.29, 1.82) is 0 Å². The van der Waals surface area contributed by atoms with Crippen molar-refractivity contribution >= 4 is 5.97 Å². The molecule has 0 aliphatic heterocycles. The van der Waals surface area contributed by atoms with Crippen LogP contribution in [0.5, 0.6) is 0 Å². The van der Waals surface area contributed by atoms with Gasteiger partial charge in [-0.3, -0.25) is 4.79 Å². The molecule has 7 heteroatoms. The maximum absolute atomic E-state index is 12.0. The van der Waals surface area contributed by atoms with Crippen LogP contribution in [0.15, 0.2) is 16.9 Å². The number of methoxy groups -OCH3 is 1. The highest BCUT2D eigenvalue weighted by Crippen LogP contribution is 2.37. The number of aromatic nitrogens is 4. The van der Waals surface area contributed by atoms with E-state index in [4.69, 9.17) is 9.26 Å². The van der Waals surface area contributed by atoms with Crippen molar-refractivity contribution in [3.63, 3.8) is 0 Å². The zero-order chi connectivity index (χ0) is 13.9. The molecule has 0 radical (unpaired) electrons. The quantitative estimate of drug-likeness (QED) is 0.857. The van der Waals surface area contributed by atoms with E-state index < -0.39 is 5.92 Å². The second-order valence-electron chi connectivity index (χ2n) is 4.94. The van der Waals surface area contributed by atoms with Gasteiger partial charge in [-0.1, -0.05) is 18.0 Å². The number of hydrogen-bond acceptors (Lipinski definition) is 6. The SMILES string of the molecule is COC(=O)C(c1nc(-c2ncc[nH]2)no1)C1CCCC1. The normalized spacial score (nSPS) is 17.2. The molecule has 20 heavy (non-hydrogen) atoms. The molecule has 1 aliphatic carbocycles. The van der Waals surface area contributed by atoms with Gasteiger partial charge in [-0.15, -0.1) is 0 Å². The monoisotopic (exact) mass is 276 g/mol. The summed E-state index contributed by atoms with van der Waals surface area (Å²) in [6.45, 7) is 0. The molecule has 0 bridgehead atoms. The average Bonchev–Trinajstić information content (AvgIpc) is 3.20. The van der Waals surface area contributed by atoms with Gasteiger partial charge >= 0.3 is 5.97 Å². The van der Waals surface area contributed by atoms with Gasteiger partial charge in [-0.25, -0.2) is 4.98 Å². The van der Waals surface area contributed by atoms with Gasteiger partial charge in [0.2, 0.25) is 11.7 Å². The Morgan fingerprint density at radius 1 is 1.50 bits per heavy atom. The molecule has 0 saturated heterocycles. The van der Waals surface area contributed by atoms with Gasteiger partial charge < -0.3 is 14.2 Å².